The molecule has 3 heterocycles. The Labute approximate surface area is 192 Å². The maximum Gasteiger partial charge on any atom is 0.147 e. The van der Waals surface area contributed by atoms with Crippen molar-refractivity contribution < 1.29 is 0 Å². The normalized spacial score (nSPS) is 48.2. The quantitative estimate of drug-likeness (QED) is 0.739. The SMILES string of the molecule is CC1(C)[C@@H]2CC[C@@]1(C)C1N=C(c3cccc(C4=NC5C(N4)[C@@H]4CC[C@@]5(C)C4(C)C)n3)NC12. The van der Waals surface area contributed by atoms with Gasteiger partial charge < -0.3 is 10.6 Å². The second-order valence-corrected chi connectivity index (χ2v) is 13.2. The van der Waals surface area contributed by atoms with Gasteiger partial charge >= 0.3 is 0 Å². The van der Waals surface area contributed by atoms with Crippen LogP contribution in [0, 0.1) is 33.5 Å². The van der Waals surface area contributed by atoms with E-state index in [2.05, 4.69) is 70.4 Å². The zero-order valence-electron chi connectivity index (χ0n) is 20.4. The first-order valence-corrected chi connectivity index (χ1v) is 12.7. The lowest BCUT2D eigenvalue weighted by molar-refractivity contribution is 0.137. The average Bonchev–Trinajstić information content (AvgIpc) is 3.52. The fourth-order valence-corrected chi connectivity index (χ4v) is 9.12. The molecular weight excluding hydrogens is 394 g/mol. The third kappa shape index (κ3) is 1.98. The van der Waals surface area contributed by atoms with Crippen molar-refractivity contribution in [2.24, 2.45) is 43.5 Å². The minimum absolute atomic E-state index is 0.282. The number of amidine groups is 2. The van der Waals surface area contributed by atoms with E-state index >= 15 is 0 Å². The van der Waals surface area contributed by atoms with Gasteiger partial charge in [0.15, 0.2) is 0 Å². The molecule has 0 radical (unpaired) electrons. The van der Waals surface area contributed by atoms with Gasteiger partial charge in [-0.3, -0.25) is 9.98 Å². The lowest BCUT2D eigenvalue weighted by Gasteiger charge is -2.36. The highest BCUT2D eigenvalue weighted by Crippen LogP contribution is 2.68. The van der Waals surface area contributed by atoms with Crippen LogP contribution in [0.25, 0.3) is 0 Å². The number of nitrogens with one attached hydrogen (secondary N) is 2. The maximum atomic E-state index is 5.24. The van der Waals surface area contributed by atoms with Crippen molar-refractivity contribution in [3.63, 3.8) is 0 Å². The largest absolute Gasteiger partial charge is 0.363 e. The maximum absolute atomic E-state index is 5.24. The van der Waals surface area contributed by atoms with E-state index in [0.717, 1.165) is 23.1 Å². The van der Waals surface area contributed by atoms with Crippen molar-refractivity contribution in [2.45, 2.75) is 91.4 Å². The van der Waals surface area contributed by atoms with Gasteiger partial charge in [-0.15, -0.1) is 0 Å². The Bertz CT molecular complexity index is 1000. The van der Waals surface area contributed by atoms with E-state index in [1.165, 1.54) is 25.7 Å². The molecule has 2 aliphatic heterocycles. The molecule has 4 unspecified atom stereocenters. The summed E-state index contributed by atoms with van der Waals surface area (Å²) >= 11 is 0. The van der Waals surface area contributed by atoms with Gasteiger partial charge in [0, 0.05) is 0 Å². The van der Waals surface area contributed by atoms with E-state index < -0.39 is 0 Å². The number of fused-ring (bicyclic) bond motifs is 10. The van der Waals surface area contributed by atoms with Crippen LogP contribution in [0.3, 0.4) is 0 Å². The smallest absolute Gasteiger partial charge is 0.147 e. The predicted octanol–water partition coefficient (Wildman–Crippen LogP) is 4.17. The Morgan fingerprint density at radius 3 is 1.56 bits per heavy atom. The standard InChI is InChI=1S/C27H37N5/c1-24(2)14-10-12-26(24,5)20-18(14)29-22(31-20)16-8-7-9-17(28-16)23-30-19-15-11-13-27(6,21(19)32-23)25(15,3)4/h7-9,14-15,18-21H,10-13H2,1-6H3,(H,29,31)(H,30,32)/t14-,15+,18?,19?,20?,21?,26+,27-. The summed E-state index contributed by atoms with van der Waals surface area (Å²) in [6.45, 7) is 14.7. The fourth-order valence-electron chi connectivity index (χ4n) is 9.12. The summed E-state index contributed by atoms with van der Waals surface area (Å²) in [5.41, 5.74) is 3.20. The highest BCUT2D eigenvalue weighted by atomic mass is 15.2. The van der Waals surface area contributed by atoms with Crippen molar-refractivity contribution in [3.8, 4) is 0 Å². The Morgan fingerprint density at radius 1 is 0.719 bits per heavy atom. The molecule has 8 atom stereocenters. The zero-order valence-corrected chi connectivity index (χ0v) is 20.4. The monoisotopic (exact) mass is 431 g/mol. The molecule has 0 aromatic carbocycles. The van der Waals surface area contributed by atoms with Crippen LogP contribution < -0.4 is 10.6 Å². The summed E-state index contributed by atoms with van der Waals surface area (Å²) in [6.07, 6.45) is 5.20. The summed E-state index contributed by atoms with van der Waals surface area (Å²) in [5, 5.41) is 7.61. The fraction of sp³-hybridized carbons (Fsp3) is 0.741. The average molecular weight is 432 g/mol. The number of hydrogen-bond donors (Lipinski definition) is 2. The van der Waals surface area contributed by atoms with Crippen molar-refractivity contribution >= 4 is 11.7 Å². The van der Waals surface area contributed by atoms with Gasteiger partial charge in [-0.05, 0) is 71.3 Å². The molecule has 0 amide bonds. The van der Waals surface area contributed by atoms with Gasteiger partial charge in [0.2, 0.25) is 0 Å². The Morgan fingerprint density at radius 2 is 1.16 bits per heavy atom. The number of pyridine rings is 1. The summed E-state index contributed by atoms with van der Waals surface area (Å²) < 4.78 is 0. The third-order valence-corrected chi connectivity index (χ3v) is 12.0. The lowest BCUT2D eigenvalue weighted by Crippen LogP contribution is -2.42. The molecule has 5 heteroatoms. The Hall–Kier alpha value is -1.91. The molecule has 4 saturated carbocycles. The molecule has 4 aliphatic carbocycles. The van der Waals surface area contributed by atoms with E-state index in [1.54, 1.807) is 0 Å². The van der Waals surface area contributed by atoms with Crippen molar-refractivity contribution in [1.29, 1.82) is 0 Å². The molecule has 4 bridgehead atoms. The van der Waals surface area contributed by atoms with Gasteiger partial charge in [-0.25, -0.2) is 4.98 Å². The molecular formula is C27H37N5. The summed E-state index contributed by atoms with van der Waals surface area (Å²) in [7, 11) is 0. The lowest BCUT2D eigenvalue weighted by atomic mass is 9.69. The van der Waals surface area contributed by atoms with Crippen LogP contribution in [0.4, 0.5) is 0 Å². The van der Waals surface area contributed by atoms with E-state index in [9.17, 15) is 0 Å². The zero-order chi connectivity index (χ0) is 22.3. The van der Waals surface area contributed by atoms with Crippen molar-refractivity contribution in [3.05, 3.63) is 29.6 Å². The van der Waals surface area contributed by atoms with Crippen LogP contribution in [-0.4, -0.2) is 40.8 Å². The minimum Gasteiger partial charge on any atom is -0.363 e. The number of rotatable bonds is 2. The second kappa shape index (κ2) is 5.59. The van der Waals surface area contributed by atoms with Crippen molar-refractivity contribution in [2.75, 3.05) is 0 Å². The van der Waals surface area contributed by atoms with Crippen LogP contribution in [-0.2, 0) is 0 Å². The van der Waals surface area contributed by atoms with Gasteiger partial charge in [0.1, 0.15) is 23.1 Å². The number of hydrogen-bond acceptors (Lipinski definition) is 5. The van der Waals surface area contributed by atoms with Crippen molar-refractivity contribution in [1.82, 2.24) is 15.6 Å². The molecule has 1 aromatic heterocycles. The molecule has 1 aromatic rings. The first kappa shape index (κ1) is 19.5. The molecule has 6 aliphatic rings. The number of aromatic nitrogens is 1. The van der Waals surface area contributed by atoms with E-state index in [0.29, 0.717) is 46.8 Å². The molecule has 7 rings (SSSR count). The molecule has 0 saturated heterocycles. The van der Waals surface area contributed by atoms with Gasteiger partial charge in [0.25, 0.3) is 0 Å². The summed E-state index contributed by atoms with van der Waals surface area (Å²) in [6, 6.07) is 8.00. The van der Waals surface area contributed by atoms with Crippen LogP contribution in [0.2, 0.25) is 0 Å². The highest BCUT2D eigenvalue weighted by Gasteiger charge is 2.69. The molecule has 170 valence electrons. The molecule has 32 heavy (non-hydrogen) atoms. The molecule has 5 nitrogen and oxygen atoms in total. The third-order valence-electron chi connectivity index (χ3n) is 12.0. The van der Waals surface area contributed by atoms with Gasteiger partial charge in [0.05, 0.1) is 24.2 Å². The first-order chi connectivity index (χ1) is 15.1. The van der Waals surface area contributed by atoms with Crippen LogP contribution in [0.1, 0.15) is 78.6 Å². The minimum atomic E-state index is 0.282. The molecule has 2 N–H and O–H groups in total. The Kier molecular flexibility index (Phi) is 3.41. The van der Waals surface area contributed by atoms with E-state index in [-0.39, 0.29) is 10.8 Å². The predicted molar refractivity (Wildman–Crippen MR) is 128 cm³/mol. The highest BCUT2D eigenvalue weighted by molar-refractivity contribution is 6.02. The first-order valence-electron chi connectivity index (χ1n) is 12.7. The molecule has 0 spiro atoms. The van der Waals surface area contributed by atoms with E-state index in [1.807, 2.05) is 0 Å². The summed E-state index contributed by atoms with van der Waals surface area (Å²) in [4.78, 5) is 15.5. The van der Waals surface area contributed by atoms with Gasteiger partial charge in [-0.2, -0.15) is 0 Å². The van der Waals surface area contributed by atoms with Crippen LogP contribution >= 0.6 is 0 Å². The summed E-state index contributed by atoms with van der Waals surface area (Å²) in [5.74, 6) is 3.37. The molecule has 4 fully saturated rings. The topological polar surface area (TPSA) is 61.7 Å². The number of aliphatic imine (C=N–C) groups is 2. The van der Waals surface area contributed by atoms with Gasteiger partial charge in [-0.1, -0.05) is 47.6 Å². The van der Waals surface area contributed by atoms with E-state index in [4.69, 9.17) is 15.0 Å². The van der Waals surface area contributed by atoms with Crippen LogP contribution in [0.15, 0.2) is 28.2 Å². The second-order valence-electron chi connectivity index (χ2n) is 13.2. The number of nitrogens with zero attached hydrogens (tertiary/aromatic N) is 3. The van der Waals surface area contributed by atoms with Crippen LogP contribution in [0.5, 0.6) is 0 Å². The Balaban J connectivity index is 1.20.